The summed E-state index contributed by atoms with van der Waals surface area (Å²) in [7, 11) is 0. The fourth-order valence-corrected chi connectivity index (χ4v) is 2.66. The summed E-state index contributed by atoms with van der Waals surface area (Å²) in [6.45, 7) is 0.0952. The van der Waals surface area contributed by atoms with Crippen LogP contribution in [0.1, 0.15) is 24.3 Å². The van der Waals surface area contributed by atoms with Crippen molar-refractivity contribution in [1.29, 1.82) is 0 Å². The van der Waals surface area contributed by atoms with E-state index in [1.807, 2.05) is 0 Å². The van der Waals surface area contributed by atoms with Crippen LogP contribution in [0.25, 0.3) is 0 Å². The first-order chi connectivity index (χ1) is 9.78. The predicted octanol–water partition coefficient (Wildman–Crippen LogP) is 4.73. The minimum Gasteiger partial charge on any atom is -0.482 e. The van der Waals surface area contributed by atoms with E-state index in [1.165, 1.54) is 6.07 Å². The lowest BCUT2D eigenvalue weighted by atomic mass is 9.92. The van der Waals surface area contributed by atoms with E-state index in [1.54, 1.807) is 18.2 Å². The third-order valence-corrected chi connectivity index (χ3v) is 3.55. The van der Waals surface area contributed by atoms with Gasteiger partial charge in [0, 0.05) is 28.4 Å². The van der Waals surface area contributed by atoms with E-state index >= 15 is 0 Å². The van der Waals surface area contributed by atoms with E-state index in [0.717, 1.165) is 0 Å². The number of nitro benzene ring substituents is 1. The second-order valence-corrected chi connectivity index (χ2v) is 5.52. The monoisotopic (exact) mass is 365 g/mol. The molecule has 1 aromatic carbocycles. The van der Waals surface area contributed by atoms with Crippen LogP contribution in [-0.2, 0) is 0 Å². The summed E-state index contributed by atoms with van der Waals surface area (Å²) in [5.41, 5.74) is 0.147. The number of fused-ring (bicyclic) bond motifs is 1. The van der Waals surface area contributed by atoms with Gasteiger partial charge in [-0.3, -0.25) is 10.1 Å². The van der Waals surface area contributed by atoms with Crippen LogP contribution in [0.5, 0.6) is 5.75 Å². The molecule has 0 fully saturated rings. The molecule has 0 N–H and O–H groups in total. The Morgan fingerprint density at radius 2 is 2.14 bits per heavy atom. The third kappa shape index (κ3) is 3.96. The lowest BCUT2D eigenvalue weighted by molar-refractivity contribution is -0.386. The maximum atomic E-state index is 12.4. The van der Waals surface area contributed by atoms with Gasteiger partial charge < -0.3 is 4.74 Å². The number of nitro groups is 1. The number of allylic oxidation sites excluding steroid dienone is 1. The molecular formula is C13H11BrF3NO3. The van der Waals surface area contributed by atoms with Crippen LogP contribution in [0.3, 0.4) is 0 Å². The molecule has 1 aromatic rings. The van der Waals surface area contributed by atoms with Gasteiger partial charge in [-0.1, -0.05) is 28.1 Å². The largest absolute Gasteiger partial charge is 0.482 e. The van der Waals surface area contributed by atoms with Crippen molar-refractivity contribution in [3.63, 3.8) is 0 Å². The maximum absolute atomic E-state index is 12.4. The number of rotatable bonds is 3. The number of benzene rings is 1. The molecule has 114 valence electrons. The first-order valence-corrected chi connectivity index (χ1v) is 6.91. The first-order valence-electron chi connectivity index (χ1n) is 6.12. The van der Waals surface area contributed by atoms with Gasteiger partial charge >= 0.3 is 11.9 Å². The molecule has 1 atom stereocenters. The van der Waals surface area contributed by atoms with Crippen molar-refractivity contribution in [2.75, 3.05) is 6.61 Å². The van der Waals surface area contributed by atoms with Gasteiger partial charge in [0.05, 0.1) is 4.92 Å². The summed E-state index contributed by atoms with van der Waals surface area (Å²) >= 11 is 3.15. The normalized spacial score (nSPS) is 17.8. The lowest BCUT2D eigenvalue weighted by Crippen LogP contribution is -2.10. The van der Waals surface area contributed by atoms with Gasteiger partial charge in [-0.05, 0) is 12.5 Å². The average molecular weight is 366 g/mol. The van der Waals surface area contributed by atoms with Crippen molar-refractivity contribution in [3.05, 3.63) is 44.4 Å². The molecule has 1 aliphatic rings. The number of hydrogen-bond donors (Lipinski definition) is 0. The van der Waals surface area contributed by atoms with Crippen molar-refractivity contribution >= 4 is 21.6 Å². The van der Waals surface area contributed by atoms with E-state index < -0.39 is 23.4 Å². The van der Waals surface area contributed by atoms with Crippen LogP contribution < -0.4 is 4.74 Å². The van der Waals surface area contributed by atoms with E-state index in [-0.39, 0.29) is 24.5 Å². The Morgan fingerprint density at radius 1 is 1.43 bits per heavy atom. The average Bonchev–Trinajstić information content (AvgIpc) is 2.56. The minimum atomic E-state index is -4.26. The molecule has 0 aliphatic carbocycles. The molecule has 4 nitrogen and oxygen atoms in total. The smallest absolute Gasteiger partial charge is 0.389 e. The van der Waals surface area contributed by atoms with E-state index in [0.29, 0.717) is 10.0 Å². The van der Waals surface area contributed by atoms with Gasteiger partial charge in [0.25, 0.3) is 0 Å². The van der Waals surface area contributed by atoms with Crippen molar-refractivity contribution in [2.24, 2.45) is 0 Å². The quantitative estimate of drug-likeness (QED) is 0.441. The van der Waals surface area contributed by atoms with Crippen molar-refractivity contribution in [2.45, 2.75) is 24.9 Å². The van der Waals surface area contributed by atoms with E-state index in [9.17, 15) is 23.3 Å². The fraction of sp³-hybridized carbons (Fsp3) is 0.385. The maximum Gasteiger partial charge on any atom is 0.389 e. The molecular weight excluding hydrogens is 355 g/mol. The molecule has 0 aromatic heterocycles. The van der Waals surface area contributed by atoms with Gasteiger partial charge in [0.2, 0.25) is 5.75 Å². The highest BCUT2D eigenvalue weighted by molar-refractivity contribution is 9.10. The van der Waals surface area contributed by atoms with Crippen LogP contribution in [0.2, 0.25) is 0 Å². The molecule has 0 amide bonds. The highest BCUT2D eigenvalue weighted by atomic mass is 79.9. The van der Waals surface area contributed by atoms with Crippen LogP contribution in [0.4, 0.5) is 18.9 Å². The second-order valence-electron chi connectivity index (χ2n) is 4.60. The molecule has 21 heavy (non-hydrogen) atoms. The van der Waals surface area contributed by atoms with Gasteiger partial charge in [0.1, 0.15) is 6.61 Å². The SMILES string of the molecule is O=[N+]([O-])c1cc(Br)cc2c1OCC=CC2CCC(F)(F)F. The summed E-state index contributed by atoms with van der Waals surface area (Å²) in [4.78, 5) is 10.5. The predicted molar refractivity (Wildman–Crippen MR) is 73.5 cm³/mol. The molecule has 0 spiro atoms. The van der Waals surface area contributed by atoms with Crippen molar-refractivity contribution in [3.8, 4) is 5.75 Å². The molecule has 1 heterocycles. The van der Waals surface area contributed by atoms with Crippen molar-refractivity contribution in [1.82, 2.24) is 0 Å². The third-order valence-electron chi connectivity index (χ3n) is 3.09. The zero-order valence-electron chi connectivity index (χ0n) is 10.7. The molecule has 8 heteroatoms. The number of nitrogens with zero attached hydrogens (tertiary/aromatic N) is 1. The van der Waals surface area contributed by atoms with Gasteiger partial charge in [-0.2, -0.15) is 13.2 Å². The number of alkyl halides is 3. The highest BCUT2D eigenvalue weighted by Crippen LogP contribution is 2.42. The summed E-state index contributed by atoms with van der Waals surface area (Å²) < 4.78 is 43.0. The zero-order valence-corrected chi connectivity index (χ0v) is 12.3. The number of halogens is 4. The van der Waals surface area contributed by atoms with Crippen LogP contribution in [-0.4, -0.2) is 17.7 Å². The Balaban J connectivity index is 2.41. The Hall–Kier alpha value is -1.57. The van der Waals surface area contributed by atoms with E-state index in [2.05, 4.69) is 15.9 Å². The molecule has 0 saturated carbocycles. The summed E-state index contributed by atoms with van der Waals surface area (Å²) in [6, 6.07) is 2.85. The van der Waals surface area contributed by atoms with Crippen LogP contribution in [0, 0.1) is 10.1 Å². The van der Waals surface area contributed by atoms with Gasteiger partial charge in [-0.25, -0.2) is 0 Å². The van der Waals surface area contributed by atoms with E-state index in [4.69, 9.17) is 4.74 Å². The molecule has 0 bridgehead atoms. The topological polar surface area (TPSA) is 52.4 Å². The van der Waals surface area contributed by atoms with Crippen molar-refractivity contribution < 1.29 is 22.8 Å². The summed E-state index contributed by atoms with van der Waals surface area (Å²) in [6.07, 6.45) is -2.21. The molecule has 0 radical (unpaired) electrons. The first kappa shape index (κ1) is 15.8. The fourth-order valence-electron chi connectivity index (χ4n) is 2.19. The second kappa shape index (κ2) is 6.05. The molecule has 0 saturated heterocycles. The summed E-state index contributed by atoms with van der Waals surface area (Å²) in [5, 5.41) is 11.1. The highest BCUT2D eigenvalue weighted by Gasteiger charge is 2.31. The van der Waals surface area contributed by atoms with Crippen LogP contribution >= 0.6 is 15.9 Å². The number of hydrogen-bond acceptors (Lipinski definition) is 3. The summed E-state index contributed by atoms with van der Waals surface area (Å²) in [5.74, 6) is -0.527. The Labute approximate surface area is 126 Å². The van der Waals surface area contributed by atoms with Crippen LogP contribution in [0.15, 0.2) is 28.8 Å². The Bertz CT molecular complexity index is 587. The lowest BCUT2D eigenvalue weighted by Gasteiger charge is -2.16. The molecule has 2 rings (SSSR count). The minimum absolute atomic E-state index is 0.0420. The molecule has 1 aliphatic heterocycles. The molecule has 1 unspecified atom stereocenters. The standard InChI is InChI=1S/C13H11BrF3NO3/c14-9-6-10-8(3-4-13(15,16)17)2-1-5-21-12(10)11(7-9)18(19)20/h1-2,6-8H,3-5H2. The Kier molecular flexibility index (Phi) is 4.55. The van der Waals surface area contributed by atoms with Gasteiger partial charge in [0.15, 0.2) is 0 Å². The van der Waals surface area contributed by atoms with Gasteiger partial charge in [-0.15, -0.1) is 0 Å². The Morgan fingerprint density at radius 3 is 2.76 bits per heavy atom. The zero-order chi connectivity index (χ0) is 15.6. The number of ether oxygens (including phenoxy) is 1.